The van der Waals surface area contributed by atoms with Gasteiger partial charge in [-0.2, -0.15) is 0 Å². The molecule has 2 rings (SSSR count). The van der Waals surface area contributed by atoms with Crippen LogP contribution in [0.25, 0.3) is 0 Å². The molecular weight excluding hydrogens is 359 g/mol. The van der Waals surface area contributed by atoms with Crippen LogP contribution in [0.2, 0.25) is 10.0 Å². The number of hydrogen-bond acceptors (Lipinski definition) is 4. The first kappa shape index (κ1) is 17.9. The number of carbonyl (C=O) groups is 2. The SMILES string of the molecule is CC(Oc1ccc(C(=O)O)cc1Cl)Oc1ccc(C(=O)O)cc1Cl. The van der Waals surface area contributed by atoms with E-state index in [0.717, 1.165) is 0 Å². The van der Waals surface area contributed by atoms with Gasteiger partial charge >= 0.3 is 11.9 Å². The summed E-state index contributed by atoms with van der Waals surface area (Å²) >= 11 is 11.9. The molecule has 2 aromatic rings. The van der Waals surface area contributed by atoms with Crippen molar-refractivity contribution in [2.45, 2.75) is 13.2 Å². The van der Waals surface area contributed by atoms with E-state index in [0.29, 0.717) is 0 Å². The van der Waals surface area contributed by atoms with Crippen LogP contribution in [0.5, 0.6) is 11.5 Å². The Bertz CT molecular complexity index is 725. The van der Waals surface area contributed by atoms with Crippen molar-refractivity contribution < 1.29 is 29.3 Å². The fourth-order valence-corrected chi connectivity index (χ4v) is 2.29. The van der Waals surface area contributed by atoms with E-state index in [9.17, 15) is 9.59 Å². The first-order valence-electron chi connectivity index (χ1n) is 6.67. The standard InChI is InChI=1S/C16H12Cl2O6/c1-8(23-13-4-2-9(15(19)20)6-11(13)17)24-14-5-3-10(16(21)22)7-12(14)18/h2-8H,1H3,(H,19,20)(H,21,22). The second-order valence-corrected chi connectivity index (χ2v) is 5.52. The zero-order valence-corrected chi connectivity index (χ0v) is 13.8. The summed E-state index contributed by atoms with van der Waals surface area (Å²) in [7, 11) is 0. The first-order chi connectivity index (χ1) is 11.3. The van der Waals surface area contributed by atoms with E-state index in [2.05, 4.69) is 0 Å². The number of rotatable bonds is 6. The molecule has 0 aliphatic carbocycles. The van der Waals surface area contributed by atoms with Gasteiger partial charge in [-0.3, -0.25) is 0 Å². The molecule has 0 spiro atoms. The summed E-state index contributed by atoms with van der Waals surface area (Å²) in [6.45, 7) is 1.59. The lowest BCUT2D eigenvalue weighted by molar-refractivity contribution is 0.0224. The van der Waals surface area contributed by atoms with E-state index in [1.165, 1.54) is 36.4 Å². The van der Waals surface area contributed by atoms with Gasteiger partial charge in [-0.15, -0.1) is 0 Å². The summed E-state index contributed by atoms with van der Waals surface area (Å²) in [5, 5.41) is 18.0. The lowest BCUT2D eigenvalue weighted by Gasteiger charge is -2.18. The molecule has 6 nitrogen and oxygen atoms in total. The molecule has 2 aromatic carbocycles. The predicted octanol–water partition coefficient (Wildman–Crippen LogP) is 4.19. The first-order valence-corrected chi connectivity index (χ1v) is 7.42. The van der Waals surface area contributed by atoms with Gasteiger partial charge in [-0.1, -0.05) is 23.2 Å². The van der Waals surface area contributed by atoms with E-state index >= 15 is 0 Å². The van der Waals surface area contributed by atoms with Crippen LogP contribution < -0.4 is 9.47 Å². The molecule has 0 fully saturated rings. The third-order valence-corrected chi connectivity index (χ3v) is 3.53. The Hall–Kier alpha value is -2.44. The van der Waals surface area contributed by atoms with E-state index in [4.69, 9.17) is 42.9 Å². The Balaban J connectivity index is 2.09. The minimum absolute atomic E-state index is 0.0354. The smallest absolute Gasteiger partial charge is 0.335 e. The molecule has 2 N–H and O–H groups in total. The number of ether oxygens (including phenoxy) is 2. The largest absolute Gasteiger partial charge is 0.478 e. The van der Waals surface area contributed by atoms with Crippen molar-refractivity contribution in [1.82, 2.24) is 0 Å². The molecule has 0 amide bonds. The lowest BCUT2D eigenvalue weighted by atomic mass is 10.2. The van der Waals surface area contributed by atoms with Crippen LogP contribution in [-0.2, 0) is 0 Å². The molecule has 0 aromatic heterocycles. The van der Waals surface area contributed by atoms with Crippen molar-refractivity contribution in [3.8, 4) is 11.5 Å². The Kier molecular flexibility index (Phi) is 5.54. The molecule has 0 unspecified atom stereocenters. The monoisotopic (exact) mass is 370 g/mol. The molecule has 126 valence electrons. The number of carboxylic acid groups (broad SMARTS) is 2. The van der Waals surface area contributed by atoms with Crippen molar-refractivity contribution in [3.63, 3.8) is 0 Å². The van der Waals surface area contributed by atoms with E-state index in [1.807, 2.05) is 0 Å². The Morgan fingerprint density at radius 3 is 1.54 bits per heavy atom. The van der Waals surface area contributed by atoms with Gasteiger partial charge in [0.15, 0.2) is 0 Å². The van der Waals surface area contributed by atoms with Crippen LogP contribution in [0.15, 0.2) is 36.4 Å². The van der Waals surface area contributed by atoms with Crippen LogP contribution >= 0.6 is 23.2 Å². The molecule has 0 bridgehead atoms. The number of benzene rings is 2. The molecular formula is C16H12Cl2O6. The predicted molar refractivity (Wildman–Crippen MR) is 87.5 cm³/mol. The van der Waals surface area contributed by atoms with Gasteiger partial charge in [0.2, 0.25) is 6.29 Å². The molecule has 8 heteroatoms. The van der Waals surface area contributed by atoms with Gasteiger partial charge in [0.25, 0.3) is 0 Å². The normalized spacial score (nSPS) is 10.5. The van der Waals surface area contributed by atoms with Crippen molar-refractivity contribution in [1.29, 1.82) is 0 Å². The molecule has 0 atom stereocenters. The van der Waals surface area contributed by atoms with Crippen LogP contribution in [0, 0.1) is 0 Å². The second-order valence-electron chi connectivity index (χ2n) is 4.70. The highest BCUT2D eigenvalue weighted by Gasteiger charge is 2.14. The molecule has 24 heavy (non-hydrogen) atoms. The van der Waals surface area contributed by atoms with Gasteiger partial charge in [-0.05, 0) is 36.4 Å². The molecule has 0 saturated carbocycles. The van der Waals surface area contributed by atoms with Crippen molar-refractivity contribution in [2.24, 2.45) is 0 Å². The fourth-order valence-electron chi connectivity index (χ4n) is 1.84. The van der Waals surface area contributed by atoms with Gasteiger partial charge in [0, 0.05) is 6.92 Å². The zero-order chi connectivity index (χ0) is 17.9. The molecule has 0 aliphatic heterocycles. The highest BCUT2D eigenvalue weighted by atomic mass is 35.5. The summed E-state index contributed by atoms with van der Waals surface area (Å²) in [5.41, 5.74) is 0.0708. The van der Waals surface area contributed by atoms with E-state index in [-0.39, 0.29) is 32.7 Å². The molecule has 0 saturated heterocycles. The number of carboxylic acids is 2. The summed E-state index contributed by atoms with van der Waals surface area (Å²) in [4.78, 5) is 21.7. The average molecular weight is 371 g/mol. The number of aromatic carboxylic acids is 2. The highest BCUT2D eigenvalue weighted by Crippen LogP contribution is 2.29. The van der Waals surface area contributed by atoms with Crippen molar-refractivity contribution >= 4 is 35.1 Å². The quantitative estimate of drug-likeness (QED) is 0.740. The average Bonchev–Trinajstić information content (AvgIpc) is 2.50. The zero-order valence-electron chi connectivity index (χ0n) is 12.3. The van der Waals surface area contributed by atoms with E-state index in [1.54, 1.807) is 6.92 Å². The van der Waals surface area contributed by atoms with Gasteiger partial charge in [-0.25, -0.2) is 9.59 Å². The third kappa shape index (κ3) is 4.31. The topological polar surface area (TPSA) is 93.1 Å². The van der Waals surface area contributed by atoms with Crippen molar-refractivity contribution in [2.75, 3.05) is 0 Å². The number of hydrogen-bond donors (Lipinski definition) is 2. The summed E-state index contributed by atoms with van der Waals surface area (Å²) in [6, 6.07) is 8.07. The Morgan fingerprint density at radius 2 is 1.25 bits per heavy atom. The molecule has 0 aliphatic rings. The Morgan fingerprint density at radius 1 is 0.875 bits per heavy atom. The summed E-state index contributed by atoms with van der Waals surface area (Å²) < 4.78 is 11.0. The molecule has 0 heterocycles. The summed E-state index contributed by atoms with van der Waals surface area (Å²) in [6.07, 6.45) is -0.800. The number of halogens is 2. The minimum atomic E-state index is -1.10. The van der Waals surface area contributed by atoms with E-state index < -0.39 is 18.2 Å². The Labute approximate surface area is 147 Å². The minimum Gasteiger partial charge on any atom is -0.478 e. The summed E-state index contributed by atoms with van der Waals surface area (Å²) in [5.74, 6) is -1.71. The maximum atomic E-state index is 10.9. The fraction of sp³-hybridized carbons (Fsp3) is 0.125. The lowest BCUT2D eigenvalue weighted by Crippen LogP contribution is -2.20. The van der Waals surface area contributed by atoms with Crippen LogP contribution in [0.1, 0.15) is 27.6 Å². The molecule has 0 radical (unpaired) electrons. The van der Waals surface area contributed by atoms with Crippen LogP contribution in [0.4, 0.5) is 0 Å². The van der Waals surface area contributed by atoms with Crippen LogP contribution in [-0.4, -0.2) is 28.4 Å². The van der Waals surface area contributed by atoms with Crippen LogP contribution in [0.3, 0.4) is 0 Å². The van der Waals surface area contributed by atoms with Gasteiger partial charge in [0.1, 0.15) is 11.5 Å². The van der Waals surface area contributed by atoms with Gasteiger partial charge in [0.05, 0.1) is 21.2 Å². The highest BCUT2D eigenvalue weighted by molar-refractivity contribution is 6.32. The maximum absolute atomic E-state index is 10.9. The van der Waals surface area contributed by atoms with Crippen molar-refractivity contribution in [3.05, 3.63) is 57.6 Å². The maximum Gasteiger partial charge on any atom is 0.335 e. The third-order valence-electron chi connectivity index (χ3n) is 2.94. The second kappa shape index (κ2) is 7.42. The van der Waals surface area contributed by atoms with Gasteiger partial charge < -0.3 is 19.7 Å².